The SMILES string of the molecule is CCOc1ncc(NC(=O)C(C)C)cc1C(=O)NC(C)c1cccc(-c2nccs2)c1. The molecule has 2 aromatic heterocycles. The number of rotatable bonds is 8. The van der Waals surface area contributed by atoms with E-state index in [2.05, 4.69) is 20.6 Å². The van der Waals surface area contributed by atoms with Gasteiger partial charge in [0, 0.05) is 23.1 Å². The van der Waals surface area contributed by atoms with Crippen molar-refractivity contribution in [3.63, 3.8) is 0 Å². The second-order valence-electron chi connectivity index (χ2n) is 7.31. The lowest BCUT2D eigenvalue weighted by molar-refractivity contribution is -0.118. The predicted octanol–water partition coefficient (Wildman–Crippen LogP) is 4.69. The Bertz CT molecular complexity index is 1050. The van der Waals surface area contributed by atoms with E-state index in [1.165, 1.54) is 6.20 Å². The van der Waals surface area contributed by atoms with Crippen LogP contribution in [0.2, 0.25) is 0 Å². The molecule has 2 amide bonds. The number of anilines is 1. The first-order chi connectivity index (χ1) is 14.9. The Morgan fingerprint density at radius 1 is 1.16 bits per heavy atom. The summed E-state index contributed by atoms with van der Waals surface area (Å²) in [6.07, 6.45) is 3.26. The monoisotopic (exact) mass is 438 g/mol. The van der Waals surface area contributed by atoms with Crippen LogP contribution >= 0.6 is 11.3 Å². The van der Waals surface area contributed by atoms with Gasteiger partial charge in [-0.15, -0.1) is 11.3 Å². The minimum absolute atomic E-state index is 0.148. The van der Waals surface area contributed by atoms with Gasteiger partial charge in [-0.3, -0.25) is 9.59 Å². The molecule has 3 rings (SSSR count). The van der Waals surface area contributed by atoms with Crippen LogP contribution in [0.1, 0.15) is 49.7 Å². The Morgan fingerprint density at radius 2 is 1.97 bits per heavy atom. The number of amides is 2. The lowest BCUT2D eigenvalue weighted by Crippen LogP contribution is -2.27. The van der Waals surface area contributed by atoms with Gasteiger partial charge in [0.25, 0.3) is 5.91 Å². The molecule has 0 radical (unpaired) electrons. The van der Waals surface area contributed by atoms with E-state index in [0.717, 1.165) is 16.1 Å². The van der Waals surface area contributed by atoms with Crippen molar-refractivity contribution in [2.24, 2.45) is 5.92 Å². The molecule has 0 spiro atoms. The fourth-order valence-corrected chi connectivity index (χ4v) is 3.52. The van der Waals surface area contributed by atoms with Gasteiger partial charge < -0.3 is 15.4 Å². The maximum atomic E-state index is 13.1. The fourth-order valence-electron chi connectivity index (χ4n) is 2.89. The predicted molar refractivity (Wildman–Crippen MR) is 122 cm³/mol. The summed E-state index contributed by atoms with van der Waals surface area (Å²) in [5.41, 5.74) is 2.68. The maximum Gasteiger partial charge on any atom is 0.257 e. The molecule has 3 aromatic rings. The highest BCUT2D eigenvalue weighted by molar-refractivity contribution is 7.13. The van der Waals surface area contributed by atoms with Crippen LogP contribution in [0.5, 0.6) is 5.88 Å². The van der Waals surface area contributed by atoms with E-state index in [0.29, 0.717) is 12.3 Å². The maximum absolute atomic E-state index is 13.1. The average molecular weight is 439 g/mol. The molecule has 0 aliphatic carbocycles. The fraction of sp³-hybridized carbons (Fsp3) is 0.304. The molecule has 7 nitrogen and oxygen atoms in total. The van der Waals surface area contributed by atoms with Crippen LogP contribution in [0.25, 0.3) is 10.6 Å². The van der Waals surface area contributed by atoms with Crippen LogP contribution in [-0.4, -0.2) is 28.4 Å². The number of aromatic nitrogens is 2. The number of nitrogens with one attached hydrogen (secondary N) is 2. The van der Waals surface area contributed by atoms with Crippen molar-refractivity contribution in [3.05, 3.63) is 59.2 Å². The van der Waals surface area contributed by atoms with Gasteiger partial charge in [0.2, 0.25) is 11.8 Å². The standard InChI is InChI=1S/C23H26N4O3S/c1-5-30-22-19(12-18(13-25-22)27-20(28)14(2)3)21(29)26-15(4)16-7-6-8-17(11-16)23-24-9-10-31-23/h6-15H,5H2,1-4H3,(H,26,29)(H,27,28). The van der Waals surface area contributed by atoms with E-state index >= 15 is 0 Å². The highest BCUT2D eigenvalue weighted by Crippen LogP contribution is 2.26. The second kappa shape index (κ2) is 10.2. The van der Waals surface area contributed by atoms with Crippen LogP contribution < -0.4 is 15.4 Å². The van der Waals surface area contributed by atoms with Gasteiger partial charge in [0.1, 0.15) is 10.6 Å². The van der Waals surface area contributed by atoms with Crippen LogP contribution in [0, 0.1) is 5.92 Å². The van der Waals surface area contributed by atoms with Crippen molar-refractivity contribution in [2.75, 3.05) is 11.9 Å². The first kappa shape index (κ1) is 22.4. The van der Waals surface area contributed by atoms with Crippen molar-refractivity contribution in [2.45, 2.75) is 33.7 Å². The summed E-state index contributed by atoms with van der Waals surface area (Å²) < 4.78 is 5.53. The van der Waals surface area contributed by atoms with Crippen LogP contribution in [0.3, 0.4) is 0 Å². The molecule has 0 aliphatic rings. The molecule has 1 atom stereocenters. The van der Waals surface area contributed by atoms with Crippen molar-refractivity contribution in [1.82, 2.24) is 15.3 Å². The molecular weight excluding hydrogens is 412 g/mol. The number of benzene rings is 1. The quantitative estimate of drug-likeness (QED) is 0.532. The molecule has 1 aromatic carbocycles. The van der Waals surface area contributed by atoms with E-state index in [-0.39, 0.29) is 35.2 Å². The van der Waals surface area contributed by atoms with Crippen molar-refractivity contribution in [1.29, 1.82) is 0 Å². The Labute approximate surface area is 185 Å². The summed E-state index contributed by atoms with van der Waals surface area (Å²) in [6, 6.07) is 9.26. The molecule has 2 N–H and O–H groups in total. The molecule has 0 saturated carbocycles. The van der Waals surface area contributed by atoms with Crippen molar-refractivity contribution < 1.29 is 14.3 Å². The number of nitrogens with zero attached hydrogens (tertiary/aromatic N) is 2. The molecule has 162 valence electrons. The summed E-state index contributed by atoms with van der Waals surface area (Å²) in [7, 11) is 0. The Kier molecular flexibility index (Phi) is 7.36. The van der Waals surface area contributed by atoms with Gasteiger partial charge >= 0.3 is 0 Å². The van der Waals surface area contributed by atoms with Crippen molar-refractivity contribution >= 4 is 28.8 Å². The largest absolute Gasteiger partial charge is 0.477 e. The van der Waals surface area contributed by atoms with Crippen LogP contribution in [-0.2, 0) is 4.79 Å². The number of thiazole rings is 1. The van der Waals surface area contributed by atoms with E-state index in [9.17, 15) is 9.59 Å². The molecule has 2 heterocycles. The Balaban J connectivity index is 1.81. The van der Waals surface area contributed by atoms with Gasteiger partial charge in [-0.25, -0.2) is 9.97 Å². The van der Waals surface area contributed by atoms with E-state index < -0.39 is 0 Å². The van der Waals surface area contributed by atoms with Crippen LogP contribution in [0.15, 0.2) is 48.1 Å². The third-order valence-electron chi connectivity index (χ3n) is 4.58. The van der Waals surface area contributed by atoms with Crippen LogP contribution in [0.4, 0.5) is 5.69 Å². The first-order valence-electron chi connectivity index (χ1n) is 10.1. The lowest BCUT2D eigenvalue weighted by atomic mass is 10.0. The average Bonchev–Trinajstić information content (AvgIpc) is 3.30. The van der Waals surface area contributed by atoms with E-state index in [1.54, 1.807) is 37.4 Å². The van der Waals surface area contributed by atoms with Gasteiger partial charge in [-0.2, -0.15) is 0 Å². The number of pyridine rings is 1. The molecule has 8 heteroatoms. The summed E-state index contributed by atoms with van der Waals surface area (Å²) in [5, 5.41) is 8.63. The zero-order valence-electron chi connectivity index (χ0n) is 18.0. The molecule has 0 bridgehead atoms. The lowest BCUT2D eigenvalue weighted by Gasteiger charge is -2.17. The topological polar surface area (TPSA) is 93.2 Å². The first-order valence-corrected chi connectivity index (χ1v) is 11.0. The van der Waals surface area contributed by atoms with Gasteiger partial charge in [-0.05, 0) is 31.5 Å². The van der Waals surface area contributed by atoms with E-state index in [4.69, 9.17) is 4.74 Å². The summed E-state index contributed by atoms with van der Waals surface area (Å²) in [5.74, 6) is -0.436. The number of hydrogen-bond donors (Lipinski definition) is 2. The third kappa shape index (κ3) is 5.67. The normalized spacial score (nSPS) is 11.8. The number of carbonyl (C=O) groups is 2. The molecule has 0 saturated heterocycles. The van der Waals surface area contributed by atoms with Gasteiger partial charge in [0.05, 0.1) is 24.5 Å². The van der Waals surface area contributed by atoms with Gasteiger partial charge in [0.15, 0.2) is 0 Å². The zero-order chi connectivity index (χ0) is 22.4. The van der Waals surface area contributed by atoms with Gasteiger partial charge in [-0.1, -0.05) is 32.0 Å². The second-order valence-corrected chi connectivity index (χ2v) is 8.21. The summed E-state index contributed by atoms with van der Waals surface area (Å²) in [6.45, 7) is 7.71. The smallest absolute Gasteiger partial charge is 0.257 e. The minimum atomic E-state index is -0.330. The van der Waals surface area contributed by atoms with Crippen molar-refractivity contribution in [3.8, 4) is 16.5 Å². The molecule has 0 aliphatic heterocycles. The molecule has 31 heavy (non-hydrogen) atoms. The molecule has 1 unspecified atom stereocenters. The number of carbonyl (C=O) groups excluding carboxylic acids is 2. The zero-order valence-corrected chi connectivity index (χ0v) is 18.8. The number of hydrogen-bond acceptors (Lipinski definition) is 6. The summed E-state index contributed by atoms with van der Waals surface area (Å²) >= 11 is 1.57. The third-order valence-corrected chi connectivity index (χ3v) is 5.40. The Hall–Kier alpha value is -3.26. The summed E-state index contributed by atoms with van der Waals surface area (Å²) in [4.78, 5) is 33.6. The highest BCUT2D eigenvalue weighted by Gasteiger charge is 2.19. The Morgan fingerprint density at radius 3 is 2.65 bits per heavy atom. The molecular formula is C23H26N4O3S. The number of ether oxygens (including phenoxy) is 1. The molecule has 0 fully saturated rings. The highest BCUT2D eigenvalue weighted by atomic mass is 32.1. The van der Waals surface area contributed by atoms with E-state index in [1.807, 2.05) is 43.5 Å². The minimum Gasteiger partial charge on any atom is -0.477 e.